The number of ether oxygens (including phenoxy) is 1. The largest absolute Gasteiger partial charge is 0.496 e. The number of benzene rings is 1. The Hall–Kier alpha value is -1.89. The van der Waals surface area contributed by atoms with Crippen molar-refractivity contribution < 1.29 is 13.2 Å². The van der Waals surface area contributed by atoms with Crippen LogP contribution >= 0.6 is 0 Å². The molecule has 1 aromatic heterocycles. The number of hydrogen-bond acceptors (Lipinski definition) is 5. The predicted octanol–water partition coefficient (Wildman–Crippen LogP) is 1.48. The van der Waals surface area contributed by atoms with Crippen LogP contribution in [-0.2, 0) is 16.4 Å². The van der Waals surface area contributed by atoms with Crippen LogP contribution in [0.5, 0.6) is 5.75 Å². The van der Waals surface area contributed by atoms with Gasteiger partial charge in [0.1, 0.15) is 11.1 Å². The van der Waals surface area contributed by atoms with E-state index in [-0.39, 0.29) is 29.5 Å². The van der Waals surface area contributed by atoms with E-state index in [0.717, 1.165) is 0 Å². The first-order valence-corrected chi connectivity index (χ1v) is 8.89. The molecule has 7 heteroatoms. The fourth-order valence-electron chi connectivity index (χ4n) is 2.33. The van der Waals surface area contributed by atoms with Gasteiger partial charge in [0, 0.05) is 6.54 Å². The van der Waals surface area contributed by atoms with Gasteiger partial charge in [0.25, 0.3) is 5.56 Å². The summed E-state index contributed by atoms with van der Waals surface area (Å²) < 4.78 is 30.4. The molecule has 0 bridgehead atoms. The standard InChI is InChI=1S/C15H20N2O4S/c1-11(2)9-22(19,20)8-7-17-10-16-12-5-4-6-13(21-3)14(12)15(17)18/h4-6,10-11H,7-9H2,1-3H3. The zero-order valence-corrected chi connectivity index (χ0v) is 13.8. The Kier molecular flexibility index (Phi) is 4.85. The lowest BCUT2D eigenvalue weighted by Gasteiger charge is -2.10. The highest BCUT2D eigenvalue weighted by atomic mass is 32.2. The number of sulfone groups is 1. The third kappa shape index (κ3) is 3.65. The average molecular weight is 324 g/mol. The smallest absolute Gasteiger partial charge is 0.264 e. The Morgan fingerprint density at radius 2 is 2.05 bits per heavy atom. The molecule has 0 saturated heterocycles. The van der Waals surface area contributed by atoms with Crippen LogP contribution in [0, 0.1) is 5.92 Å². The van der Waals surface area contributed by atoms with Crippen LogP contribution in [0.4, 0.5) is 0 Å². The summed E-state index contributed by atoms with van der Waals surface area (Å²) in [5.41, 5.74) is 0.243. The Morgan fingerprint density at radius 1 is 1.32 bits per heavy atom. The molecule has 0 aliphatic rings. The lowest BCUT2D eigenvalue weighted by molar-refractivity contribution is 0.419. The van der Waals surface area contributed by atoms with Crippen molar-refractivity contribution in [1.82, 2.24) is 9.55 Å². The van der Waals surface area contributed by atoms with E-state index >= 15 is 0 Å². The van der Waals surface area contributed by atoms with Crippen molar-refractivity contribution in [1.29, 1.82) is 0 Å². The van der Waals surface area contributed by atoms with Gasteiger partial charge in [-0.05, 0) is 18.1 Å². The molecular formula is C15H20N2O4S. The van der Waals surface area contributed by atoms with Crippen LogP contribution < -0.4 is 10.3 Å². The molecule has 0 amide bonds. The van der Waals surface area contributed by atoms with Crippen molar-refractivity contribution in [3.8, 4) is 5.75 Å². The highest BCUT2D eigenvalue weighted by molar-refractivity contribution is 7.91. The number of aryl methyl sites for hydroxylation is 1. The first-order valence-electron chi connectivity index (χ1n) is 7.06. The van der Waals surface area contributed by atoms with E-state index in [1.54, 1.807) is 18.2 Å². The Labute approximate surface area is 129 Å². The molecule has 1 aromatic carbocycles. The van der Waals surface area contributed by atoms with Crippen LogP contribution in [-0.4, -0.2) is 36.6 Å². The lowest BCUT2D eigenvalue weighted by Crippen LogP contribution is -2.26. The topological polar surface area (TPSA) is 78.3 Å². The summed E-state index contributed by atoms with van der Waals surface area (Å²) in [5, 5.41) is 0.369. The summed E-state index contributed by atoms with van der Waals surface area (Å²) in [6.45, 7) is 3.80. The van der Waals surface area contributed by atoms with Crippen LogP contribution in [0.3, 0.4) is 0 Å². The third-order valence-corrected chi connectivity index (χ3v) is 5.24. The van der Waals surface area contributed by atoms with Crippen molar-refractivity contribution in [3.63, 3.8) is 0 Å². The molecule has 0 atom stereocenters. The number of rotatable bonds is 6. The summed E-state index contributed by atoms with van der Waals surface area (Å²) >= 11 is 0. The number of nitrogens with zero attached hydrogens (tertiary/aromatic N) is 2. The van der Waals surface area contributed by atoms with Gasteiger partial charge in [-0.3, -0.25) is 9.36 Å². The van der Waals surface area contributed by atoms with E-state index in [2.05, 4.69) is 4.98 Å². The van der Waals surface area contributed by atoms with Crippen LogP contribution in [0.25, 0.3) is 10.9 Å². The minimum Gasteiger partial charge on any atom is -0.496 e. The molecule has 0 unspecified atom stereocenters. The summed E-state index contributed by atoms with van der Waals surface area (Å²) in [4.78, 5) is 16.7. The maximum absolute atomic E-state index is 12.5. The molecule has 22 heavy (non-hydrogen) atoms. The molecule has 0 aliphatic carbocycles. The van der Waals surface area contributed by atoms with Gasteiger partial charge >= 0.3 is 0 Å². The second-order valence-electron chi connectivity index (χ2n) is 5.61. The van der Waals surface area contributed by atoms with Crippen molar-refractivity contribution in [2.75, 3.05) is 18.6 Å². The minimum atomic E-state index is -3.18. The van der Waals surface area contributed by atoms with E-state index < -0.39 is 9.84 Å². The Balaban J connectivity index is 2.34. The summed E-state index contributed by atoms with van der Waals surface area (Å²) in [7, 11) is -1.70. The quantitative estimate of drug-likeness (QED) is 0.804. The maximum Gasteiger partial charge on any atom is 0.264 e. The molecule has 6 nitrogen and oxygen atoms in total. The number of aromatic nitrogens is 2. The van der Waals surface area contributed by atoms with Gasteiger partial charge in [0.05, 0.1) is 30.5 Å². The molecule has 0 saturated carbocycles. The van der Waals surface area contributed by atoms with E-state index in [1.165, 1.54) is 18.0 Å². The molecular weight excluding hydrogens is 304 g/mol. The van der Waals surface area contributed by atoms with Crippen molar-refractivity contribution in [2.45, 2.75) is 20.4 Å². The number of fused-ring (bicyclic) bond motifs is 1. The van der Waals surface area contributed by atoms with Gasteiger partial charge < -0.3 is 4.74 Å². The van der Waals surface area contributed by atoms with E-state index in [1.807, 2.05) is 13.8 Å². The Morgan fingerprint density at radius 3 is 2.68 bits per heavy atom. The van der Waals surface area contributed by atoms with Crippen molar-refractivity contribution in [2.24, 2.45) is 5.92 Å². The molecule has 2 rings (SSSR count). The van der Waals surface area contributed by atoms with Crippen molar-refractivity contribution >= 4 is 20.7 Å². The van der Waals surface area contributed by atoms with Crippen molar-refractivity contribution in [3.05, 3.63) is 34.9 Å². The van der Waals surface area contributed by atoms with Gasteiger partial charge in [0.2, 0.25) is 0 Å². The summed E-state index contributed by atoms with van der Waals surface area (Å²) in [6, 6.07) is 5.16. The minimum absolute atomic E-state index is 0.0662. The normalized spacial score (nSPS) is 12.0. The molecule has 0 radical (unpaired) electrons. The van der Waals surface area contributed by atoms with Crippen LogP contribution in [0.2, 0.25) is 0 Å². The zero-order chi connectivity index (χ0) is 16.3. The molecule has 120 valence electrons. The van der Waals surface area contributed by atoms with E-state index in [9.17, 15) is 13.2 Å². The number of hydrogen-bond donors (Lipinski definition) is 0. The van der Waals surface area contributed by atoms with Crippen LogP contribution in [0.1, 0.15) is 13.8 Å². The van der Waals surface area contributed by atoms with E-state index in [0.29, 0.717) is 16.7 Å². The fourth-order valence-corrected chi connectivity index (χ4v) is 3.99. The average Bonchev–Trinajstić information content (AvgIpc) is 2.44. The monoisotopic (exact) mass is 324 g/mol. The SMILES string of the molecule is COc1cccc2ncn(CCS(=O)(=O)CC(C)C)c(=O)c12. The highest BCUT2D eigenvalue weighted by Gasteiger charge is 2.15. The van der Waals surface area contributed by atoms with Gasteiger partial charge in [-0.2, -0.15) is 0 Å². The fraction of sp³-hybridized carbons (Fsp3) is 0.467. The lowest BCUT2D eigenvalue weighted by atomic mass is 10.2. The molecule has 0 fully saturated rings. The molecule has 0 N–H and O–H groups in total. The molecule has 0 aliphatic heterocycles. The maximum atomic E-state index is 12.5. The van der Waals surface area contributed by atoms with Gasteiger partial charge in [-0.15, -0.1) is 0 Å². The van der Waals surface area contributed by atoms with Gasteiger partial charge in [-0.25, -0.2) is 13.4 Å². The third-order valence-electron chi connectivity index (χ3n) is 3.27. The molecule has 0 spiro atoms. The Bertz CT molecular complexity index is 825. The molecule has 1 heterocycles. The van der Waals surface area contributed by atoms with Gasteiger partial charge in [0.15, 0.2) is 9.84 Å². The first-order chi connectivity index (χ1) is 10.3. The highest BCUT2D eigenvalue weighted by Crippen LogP contribution is 2.19. The second-order valence-corrected chi connectivity index (χ2v) is 7.83. The van der Waals surface area contributed by atoms with E-state index in [4.69, 9.17) is 4.74 Å². The van der Waals surface area contributed by atoms with Gasteiger partial charge in [-0.1, -0.05) is 19.9 Å². The zero-order valence-electron chi connectivity index (χ0n) is 12.9. The predicted molar refractivity (Wildman–Crippen MR) is 86.0 cm³/mol. The summed E-state index contributed by atoms with van der Waals surface area (Å²) in [6.07, 6.45) is 1.38. The summed E-state index contributed by atoms with van der Waals surface area (Å²) in [5.74, 6) is 0.547. The molecule has 2 aromatic rings. The number of methoxy groups -OCH3 is 1. The first kappa shape index (κ1) is 16.5. The van der Waals surface area contributed by atoms with Crippen LogP contribution in [0.15, 0.2) is 29.3 Å². The second kappa shape index (κ2) is 6.48.